The van der Waals surface area contributed by atoms with Crippen molar-refractivity contribution in [1.29, 1.82) is 0 Å². The second kappa shape index (κ2) is 5.95. The quantitative estimate of drug-likeness (QED) is 0.901. The molecule has 0 aliphatic carbocycles. The van der Waals surface area contributed by atoms with E-state index >= 15 is 0 Å². The lowest BCUT2D eigenvalue weighted by atomic mass is 9.85. The van der Waals surface area contributed by atoms with Gasteiger partial charge in [-0.1, -0.05) is 13.0 Å². The number of thioether (sulfide) groups is 1. The van der Waals surface area contributed by atoms with E-state index in [1.165, 1.54) is 16.4 Å². The molecule has 0 amide bonds. The minimum Gasteiger partial charge on any atom is -0.329 e. The van der Waals surface area contributed by atoms with Crippen LogP contribution in [-0.2, 0) is 6.54 Å². The maximum absolute atomic E-state index is 6.18. The van der Waals surface area contributed by atoms with E-state index in [2.05, 4.69) is 54.9 Å². The lowest BCUT2D eigenvalue weighted by Gasteiger charge is -2.45. The Bertz CT molecular complexity index is 364. The van der Waals surface area contributed by atoms with E-state index in [1.807, 2.05) is 11.3 Å². The molecule has 2 nitrogen and oxygen atoms in total. The monoisotopic (exact) mass is 284 g/mol. The predicted molar refractivity (Wildman–Crippen MR) is 83.3 cm³/mol. The minimum atomic E-state index is 0.183. The topological polar surface area (TPSA) is 29.3 Å². The number of hydrogen-bond donors (Lipinski definition) is 1. The summed E-state index contributed by atoms with van der Waals surface area (Å²) in [4.78, 5) is 4.07. The molecule has 1 aromatic rings. The summed E-state index contributed by atoms with van der Waals surface area (Å²) in [5.41, 5.74) is 6.36. The van der Waals surface area contributed by atoms with E-state index < -0.39 is 0 Å². The average Bonchev–Trinajstić information content (AvgIpc) is 2.96. The zero-order chi connectivity index (χ0) is 13.2. The highest BCUT2D eigenvalue weighted by Crippen LogP contribution is 2.39. The van der Waals surface area contributed by atoms with Crippen LogP contribution >= 0.6 is 23.1 Å². The first-order valence-corrected chi connectivity index (χ1v) is 8.70. The van der Waals surface area contributed by atoms with Crippen LogP contribution < -0.4 is 5.73 Å². The van der Waals surface area contributed by atoms with Gasteiger partial charge in [-0.15, -0.1) is 11.3 Å². The summed E-state index contributed by atoms with van der Waals surface area (Å²) < 4.78 is 0. The third-order valence-corrected chi connectivity index (χ3v) is 6.39. The van der Waals surface area contributed by atoms with Crippen molar-refractivity contribution in [2.45, 2.75) is 38.9 Å². The summed E-state index contributed by atoms with van der Waals surface area (Å²) >= 11 is 3.90. The van der Waals surface area contributed by atoms with Gasteiger partial charge in [0.2, 0.25) is 0 Å². The second-order valence-electron chi connectivity index (χ2n) is 5.52. The number of nitrogens with two attached hydrogens (primary N) is 1. The zero-order valence-electron chi connectivity index (χ0n) is 11.6. The van der Waals surface area contributed by atoms with Crippen molar-refractivity contribution >= 4 is 23.1 Å². The molecule has 1 fully saturated rings. The molecule has 4 heteroatoms. The smallest absolute Gasteiger partial charge is 0.0461 e. The molecule has 1 saturated heterocycles. The largest absolute Gasteiger partial charge is 0.329 e. The van der Waals surface area contributed by atoms with Crippen molar-refractivity contribution in [2.75, 3.05) is 18.1 Å². The van der Waals surface area contributed by atoms with Gasteiger partial charge in [0.25, 0.3) is 0 Å². The third-order valence-electron chi connectivity index (χ3n) is 4.09. The van der Waals surface area contributed by atoms with Crippen LogP contribution in [0.5, 0.6) is 0 Å². The molecule has 0 spiro atoms. The molecular weight excluding hydrogens is 260 g/mol. The Hall–Kier alpha value is -0.0300. The fourth-order valence-electron chi connectivity index (χ4n) is 2.88. The average molecular weight is 284 g/mol. The summed E-state index contributed by atoms with van der Waals surface area (Å²) in [7, 11) is 0. The van der Waals surface area contributed by atoms with Crippen molar-refractivity contribution in [3.05, 3.63) is 22.4 Å². The normalized spacial score (nSPS) is 28.4. The van der Waals surface area contributed by atoms with Crippen LogP contribution in [0.15, 0.2) is 17.5 Å². The van der Waals surface area contributed by atoms with E-state index in [0.29, 0.717) is 12.0 Å². The lowest BCUT2D eigenvalue weighted by molar-refractivity contribution is 0.0427. The third kappa shape index (κ3) is 2.62. The molecule has 1 aromatic heterocycles. The van der Waals surface area contributed by atoms with Gasteiger partial charge in [0.15, 0.2) is 0 Å². The van der Waals surface area contributed by atoms with Gasteiger partial charge in [0, 0.05) is 35.3 Å². The van der Waals surface area contributed by atoms with Crippen molar-refractivity contribution in [1.82, 2.24) is 4.90 Å². The fraction of sp³-hybridized carbons (Fsp3) is 0.714. The molecule has 0 radical (unpaired) electrons. The minimum absolute atomic E-state index is 0.183. The van der Waals surface area contributed by atoms with Gasteiger partial charge in [-0.25, -0.2) is 0 Å². The molecule has 2 heterocycles. The molecule has 2 unspecified atom stereocenters. The van der Waals surface area contributed by atoms with E-state index in [0.717, 1.165) is 13.1 Å². The van der Waals surface area contributed by atoms with Crippen LogP contribution in [0.4, 0.5) is 0 Å². The Morgan fingerprint density at radius 1 is 1.56 bits per heavy atom. The summed E-state index contributed by atoms with van der Waals surface area (Å²) in [6, 6.07) is 4.91. The van der Waals surface area contributed by atoms with Crippen molar-refractivity contribution in [3.63, 3.8) is 0 Å². The molecule has 2 rings (SSSR count). The van der Waals surface area contributed by atoms with E-state index in [9.17, 15) is 0 Å². The molecule has 0 bridgehead atoms. The maximum Gasteiger partial charge on any atom is 0.0461 e. The van der Waals surface area contributed by atoms with Gasteiger partial charge in [0.05, 0.1) is 0 Å². The standard InChI is InChI=1S/C14H24N2S2/c1-11(2)16(7-13-5-4-6-18-13)14(9-15)10-17-8-12(14)3/h4-6,11-12H,7-10,15H2,1-3H3. The Kier molecular flexibility index (Phi) is 4.75. The molecule has 0 aromatic carbocycles. The van der Waals surface area contributed by atoms with Crippen molar-refractivity contribution in [3.8, 4) is 0 Å². The number of nitrogens with zero attached hydrogens (tertiary/aromatic N) is 1. The van der Waals surface area contributed by atoms with Gasteiger partial charge in [-0.3, -0.25) is 4.90 Å². The number of rotatable bonds is 5. The highest BCUT2D eigenvalue weighted by molar-refractivity contribution is 7.99. The first-order valence-electron chi connectivity index (χ1n) is 6.67. The Morgan fingerprint density at radius 2 is 2.33 bits per heavy atom. The number of hydrogen-bond acceptors (Lipinski definition) is 4. The Morgan fingerprint density at radius 3 is 2.78 bits per heavy atom. The van der Waals surface area contributed by atoms with Crippen LogP contribution in [0.2, 0.25) is 0 Å². The zero-order valence-corrected chi connectivity index (χ0v) is 13.2. The molecule has 102 valence electrons. The highest BCUT2D eigenvalue weighted by atomic mass is 32.2. The van der Waals surface area contributed by atoms with Crippen LogP contribution in [0.3, 0.4) is 0 Å². The summed E-state index contributed by atoms with van der Waals surface area (Å²) in [5, 5.41) is 2.16. The molecular formula is C14H24N2S2. The second-order valence-corrected chi connectivity index (χ2v) is 7.59. The molecule has 2 atom stereocenters. The summed E-state index contributed by atoms with van der Waals surface area (Å²) in [5.74, 6) is 3.09. The maximum atomic E-state index is 6.18. The van der Waals surface area contributed by atoms with E-state index in [4.69, 9.17) is 5.73 Å². The van der Waals surface area contributed by atoms with Crippen LogP contribution in [-0.4, -0.2) is 34.5 Å². The first-order chi connectivity index (χ1) is 8.60. The summed E-state index contributed by atoms with van der Waals surface area (Å²) in [6.45, 7) is 8.75. The molecule has 2 N–H and O–H groups in total. The van der Waals surface area contributed by atoms with Crippen molar-refractivity contribution < 1.29 is 0 Å². The van der Waals surface area contributed by atoms with E-state index in [-0.39, 0.29) is 5.54 Å². The van der Waals surface area contributed by atoms with Gasteiger partial charge in [-0.05, 0) is 37.0 Å². The van der Waals surface area contributed by atoms with E-state index in [1.54, 1.807) is 0 Å². The molecule has 1 aliphatic heterocycles. The highest BCUT2D eigenvalue weighted by Gasteiger charge is 2.45. The molecule has 18 heavy (non-hydrogen) atoms. The van der Waals surface area contributed by atoms with Crippen LogP contribution in [0, 0.1) is 5.92 Å². The SMILES string of the molecule is CC(C)N(Cc1cccs1)C1(CN)CSCC1C. The Labute approximate surface area is 119 Å². The van der Waals surface area contributed by atoms with Crippen molar-refractivity contribution in [2.24, 2.45) is 11.7 Å². The Balaban J connectivity index is 2.23. The van der Waals surface area contributed by atoms with Gasteiger partial charge < -0.3 is 5.73 Å². The van der Waals surface area contributed by atoms with Crippen LogP contribution in [0.1, 0.15) is 25.6 Å². The molecule has 1 aliphatic rings. The van der Waals surface area contributed by atoms with Gasteiger partial charge in [0.1, 0.15) is 0 Å². The number of thiophene rings is 1. The van der Waals surface area contributed by atoms with Gasteiger partial charge >= 0.3 is 0 Å². The summed E-state index contributed by atoms with van der Waals surface area (Å²) in [6.07, 6.45) is 0. The molecule has 0 saturated carbocycles. The lowest BCUT2D eigenvalue weighted by Crippen LogP contribution is -2.59. The van der Waals surface area contributed by atoms with Crippen LogP contribution in [0.25, 0.3) is 0 Å². The van der Waals surface area contributed by atoms with Gasteiger partial charge in [-0.2, -0.15) is 11.8 Å². The predicted octanol–water partition coefficient (Wildman–Crippen LogP) is 3.04. The first kappa shape index (κ1) is 14.4. The fourth-order valence-corrected chi connectivity index (χ4v) is 5.28.